The molecule has 2 aliphatic rings. The summed E-state index contributed by atoms with van der Waals surface area (Å²) in [6, 6.07) is 2.00. The highest BCUT2D eigenvalue weighted by molar-refractivity contribution is 6.50. The summed E-state index contributed by atoms with van der Waals surface area (Å²) in [4.78, 5) is -1.28. The van der Waals surface area contributed by atoms with Gasteiger partial charge in [0.15, 0.2) is 0 Å². The summed E-state index contributed by atoms with van der Waals surface area (Å²) in [5, 5.41) is 9.31. The van der Waals surface area contributed by atoms with Crippen molar-refractivity contribution in [2.75, 3.05) is 13.2 Å². The van der Waals surface area contributed by atoms with Crippen LogP contribution in [0.5, 0.6) is 0 Å². The summed E-state index contributed by atoms with van der Waals surface area (Å²) in [6.45, 7) is 0.725. The van der Waals surface area contributed by atoms with Gasteiger partial charge in [-0.05, 0) is 18.8 Å². The maximum Gasteiger partial charge on any atom is 0.107 e. The third-order valence-electron chi connectivity index (χ3n) is 3.71. The number of nitriles is 1. The monoisotopic (exact) mass is 351 g/mol. The average molecular weight is 353 g/mol. The molecule has 20 heavy (non-hydrogen) atoms. The van der Waals surface area contributed by atoms with Crippen molar-refractivity contribution in [2.24, 2.45) is 5.92 Å². The Bertz CT molecular complexity index is 530. The number of nitrogens with zero attached hydrogens (tertiary/aromatic N) is 1. The predicted octanol–water partition coefficient (Wildman–Crippen LogP) is 4.38. The molecule has 0 heterocycles. The molecule has 0 N–H and O–H groups in total. The molecule has 1 fully saturated rings. The Labute approximate surface area is 139 Å². The van der Waals surface area contributed by atoms with E-state index in [1.54, 1.807) is 0 Å². The lowest BCUT2D eigenvalue weighted by Gasteiger charge is -2.28. The molecule has 3 atom stereocenters. The predicted molar refractivity (Wildman–Crippen MR) is 82.1 cm³/mol. The number of rotatable bonds is 4. The van der Waals surface area contributed by atoms with Crippen molar-refractivity contribution in [1.29, 1.82) is 5.26 Å². The summed E-state index contributed by atoms with van der Waals surface area (Å²) in [7, 11) is 0. The zero-order chi connectivity index (χ0) is 14.8. The normalized spacial score (nSPS) is 34.9. The van der Waals surface area contributed by atoms with Crippen LogP contribution in [0.1, 0.15) is 25.7 Å². The van der Waals surface area contributed by atoms with E-state index in [9.17, 15) is 0 Å². The molecular formula is C14H13Cl4NO. The molecule has 3 unspecified atom stereocenters. The van der Waals surface area contributed by atoms with Gasteiger partial charge < -0.3 is 4.74 Å². The molecule has 2 nitrogen and oxygen atoms in total. The number of hydrogen-bond donors (Lipinski definition) is 0. The fourth-order valence-electron chi connectivity index (χ4n) is 2.70. The first-order chi connectivity index (χ1) is 9.44. The van der Waals surface area contributed by atoms with Crippen molar-refractivity contribution >= 4 is 46.4 Å². The number of hydrogen-bond acceptors (Lipinski definition) is 2. The zero-order valence-corrected chi connectivity index (χ0v) is 13.7. The van der Waals surface area contributed by atoms with Crippen LogP contribution in [-0.4, -0.2) is 23.0 Å². The number of alkyl halides is 2. The largest absolute Gasteiger partial charge is 0.368 e. The van der Waals surface area contributed by atoms with E-state index in [2.05, 4.69) is 11.8 Å². The highest BCUT2D eigenvalue weighted by atomic mass is 35.5. The summed E-state index contributed by atoms with van der Waals surface area (Å²) < 4.78 is 5.17. The Hall–Kier alpha value is -0.0900. The smallest absolute Gasteiger partial charge is 0.107 e. The molecule has 1 saturated carbocycles. The number of allylic oxidation sites excluding steroid dienone is 2. The molecule has 0 aromatic heterocycles. The van der Waals surface area contributed by atoms with Gasteiger partial charge >= 0.3 is 0 Å². The van der Waals surface area contributed by atoms with Crippen LogP contribution in [0.4, 0.5) is 0 Å². The van der Waals surface area contributed by atoms with E-state index in [1.165, 1.54) is 0 Å². The highest BCUT2D eigenvalue weighted by Crippen LogP contribution is 2.65. The van der Waals surface area contributed by atoms with Gasteiger partial charge in [-0.2, -0.15) is 5.26 Å². The molecule has 108 valence electrons. The molecule has 0 aliphatic heterocycles. The quantitative estimate of drug-likeness (QED) is 0.427. The lowest BCUT2D eigenvalue weighted by Crippen LogP contribution is -2.27. The Morgan fingerprint density at radius 3 is 2.60 bits per heavy atom. The lowest BCUT2D eigenvalue weighted by atomic mass is 9.89. The Balaban J connectivity index is 1.88. The van der Waals surface area contributed by atoms with Crippen LogP contribution in [0.3, 0.4) is 0 Å². The van der Waals surface area contributed by atoms with Gasteiger partial charge in [0.1, 0.15) is 6.61 Å². The molecule has 0 saturated heterocycles. The van der Waals surface area contributed by atoms with Crippen molar-refractivity contribution in [3.8, 4) is 17.9 Å². The van der Waals surface area contributed by atoms with E-state index in [4.69, 9.17) is 56.4 Å². The van der Waals surface area contributed by atoms with E-state index in [1.807, 2.05) is 6.07 Å². The molecule has 6 heteroatoms. The van der Waals surface area contributed by atoms with Crippen LogP contribution in [0.25, 0.3) is 0 Å². The second-order valence-corrected chi connectivity index (χ2v) is 7.21. The molecular weight excluding hydrogens is 340 g/mol. The van der Waals surface area contributed by atoms with Crippen molar-refractivity contribution in [2.45, 2.75) is 35.4 Å². The molecule has 0 spiro atoms. The van der Waals surface area contributed by atoms with E-state index in [0.717, 1.165) is 0 Å². The van der Waals surface area contributed by atoms with Gasteiger partial charge in [-0.1, -0.05) is 29.1 Å². The minimum Gasteiger partial charge on any atom is -0.368 e. The van der Waals surface area contributed by atoms with Crippen molar-refractivity contribution in [1.82, 2.24) is 0 Å². The molecule has 0 aromatic rings. The summed E-state index contributed by atoms with van der Waals surface area (Å²) in [5.74, 6) is 6.05. The third kappa shape index (κ3) is 2.92. The molecule has 2 bridgehead atoms. The van der Waals surface area contributed by atoms with Crippen LogP contribution in [-0.2, 0) is 4.74 Å². The minimum absolute atomic E-state index is 0.100. The van der Waals surface area contributed by atoms with Gasteiger partial charge in [-0.15, -0.1) is 29.1 Å². The van der Waals surface area contributed by atoms with Crippen LogP contribution >= 0.6 is 46.4 Å². The van der Waals surface area contributed by atoms with Crippen LogP contribution in [0, 0.1) is 29.1 Å². The van der Waals surface area contributed by atoms with Gasteiger partial charge in [0.25, 0.3) is 0 Å². The first-order valence-corrected chi connectivity index (χ1v) is 7.80. The summed E-state index contributed by atoms with van der Waals surface area (Å²) in [5.41, 5.74) is 0. The highest BCUT2D eigenvalue weighted by Gasteiger charge is 2.62. The standard InChI is InChI=1S/C14H13Cl4NO/c15-11-12(16)14(18)9-13(11,17)8-10(14)4-1-2-6-20-7-3-5-19/h10H,3-4,6-9H2. The Kier molecular flexibility index (Phi) is 5.17. The Morgan fingerprint density at radius 1 is 1.25 bits per heavy atom. The SMILES string of the molecule is N#CCCOCC#CCC1CC2(Cl)CC1(Cl)C(Cl)=C2Cl. The zero-order valence-electron chi connectivity index (χ0n) is 10.7. The van der Waals surface area contributed by atoms with E-state index < -0.39 is 9.75 Å². The number of fused-ring (bicyclic) bond motifs is 2. The first-order valence-electron chi connectivity index (χ1n) is 6.28. The second-order valence-electron chi connectivity index (χ2n) is 5.05. The van der Waals surface area contributed by atoms with Crippen molar-refractivity contribution < 1.29 is 4.74 Å². The molecule has 0 radical (unpaired) electrons. The van der Waals surface area contributed by atoms with E-state index in [-0.39, 0.29) is 5.92 Å². The minimum atomic E-state index is -0.670. The van der Waals surface area contributed by atoms with E-state index in [0.29, 0.717) is 49.0 Å². The van der Waals surface area contributed by atoms with Crippen molar-refractivity contribution in [3.63, 3.8) is 0 Å². The summed E-state index contributed by atoms with van der Waals surface area (Å²) in [6.07, 6.45) is 2.24. The van der Waals surface area contributed by atoms with Gasteiger partial charge in [-0.25, -0.2) is 0 Å². The third-order valence-corrected chi connectivity index (χ3v) is 6.19. The maximum absolute atomic E-state index is 8.35. The molecule has 0 aromatic carbocycles. The number of ether oxygens (including phenoxy) is 1. The maximum atomic E-state index is 8.35. The van der Waals surface area contributed by atoms with Crippen LogP contribution in [0.2, 0.25) is 0 Å². The molecule has 2 rings (SSSR count). The van der Waals surface area contributed by atoms with Crippen LogP contribution in [0.15, 0.2) is 10.1 Å². The fraction of sp³-hybridized carbons (Fsp3) is 0.643. The first kappa shape index (κ1) is 16.3. The Morgan fingerprint density at radius 2 is 2.00 bits per heavy atom. The van der Waals surface area contributed by atoms with Gasteiger partial charge in [0.05, 0.1) is 38.9 Å². The summed E-state index contributed by atoms with van der Waals surface area (Å²) >= 11 is 25.4. The number of halogens is 4. The lowest BCUT2D eigenvalue weighted by molar-refractivity contribution is 0.173. The molecule has 2 aliphatic carbocycles. The van der Waals surface area contributed by atoms with Gasteiger partial charge in [0.2, 0.25) is 0 Å². The topological polar surface area (TPSA) is 33.0 Å². The van der Waals surface area contributed by atoms with Gasteiger partial charge in [0, 0.05) is 6.42 Å². The van der Waals surface area contributed by atoms with Crippen molar-refractivity contribution in [3.05, 3.63) is 10.1 Å². The van der Waals surface area contributed by atoms with Gasteiger partial charge in [-0.3, -0.25) is 0 Å². The molecule has 0 amide bonds. The fourth-order valence-corrected chi connectivity index (χ4v) is 4.55. The van der Waals surface area contributed by atoms with E-state index >= 15 is 0 Å². The second kappa shape index (κ2) is 6.35. The van der Waals surface area contributed by atoms with Crippen LogP contribution < -0.4 is 0 Å². The average Bonchev–Trinajstić information content (AvgIpc) is 2.77.